The maximum atomic E-state index is 8.63. The molecule has 76 valence electrons. The lowest BCUT2D eigenvalue weighted by Gasteiger charge is -2.19. The van der Waals surface area contributed by atoms with Crippen LogP contribution in [0, 0.1) is 11.3 Å². The largest absolute Gasteiger partial charge is 0.367 e. The van der Waals surface area contributed by atoms with Gasteiger partial charge in [-0.2, -0.15) is 5.26 Å². The summed E-state index contributed by atoms with van der Waals surface area (Å²) in [5.41, 5.74) is 0.601. The predicted octanol–water partition coefficient (Wildman–Crippen LogP) is 2.47. The molecule has 1 N–H and O–H groups in total. The van der Waals surface area contributed by atoms with Crippen molar-refractivity contribution in [3.8, 4) is 6.07 Å². The third-order valence-corrected chi connectivity index (χ3v) is 2.51. The molecule has 3 nitrogen and oxygen atoms in total. The third-order valence-electron chi connectivity index (χ3n) is 2.51. The molecule has 0 fully saturated rings. The number of nitrogens with one attached hydrogen (secondary N) is 1. The number of aromatic nitrogens is 1. The maximum absolute atomic E-state index is 8.63. The van der Waals surface area contributed by atoms with Crippen LogP contribution < -0.4 is 5.32 Å². The zero-order chi connectivity index (χ0) is 10.5. The molecular weight excluding hydrogens is 186 g/mol. The Balaban J connectivity index is 1.98. The minimum absolute atomic E-state index is 0.482. The standard InChI is InChI=1S/C12H13N3/c13-8-10-6-7-12(14-9-10)15-11-4-2-1-3-5-11/h1-2,6-7,9,11H,3-5H2,(H,14,15). The van der Waals surface area contributed by atoms with Gasteiger partial charge in [0.15, 0.2) is 0 Å². The van der Waals surface area contributed by atoms with Gasteiger partial charge in [-0.15, -0.1) is 0 Å². The fraction of sp³-hybridized carbons (Fsp3) is 0.333. The summed E-state index contributed by atoms with van der Waals surface area (Å²) >= 11 is 0. The first kappa shape index (κ1) is 9.72. The summed E-state index contributed by atoms with van der Waals surface area (Å²) in [7, 11) is 0. The van der Waals surface area contributed by atoms with Crippen LogP contribution >= 0.6 is 0 Å². The van der Waals surface area contributed by atoms with Gasteiger partial charge in [0.2, 0.25) is 0 Å². The van der Waals surface area contributed by atoms with Gasteiger partial charge in [-0.25, -0.2) is 4.98 Å². The average molecular weight is 199 g/mol. The zero-order valence-electron chi connectivity index (χ0n) is 8.48. The number of rotatable bonds is 2. The topological polar surface area (TPSA) is 48.7 Å². The number of hydrogen-bond acceptors (Lipinski definition) is 3. The molecule has 0 saturated carbocycles. The molecule has 1 aliphatic rings. The minimum Gasteiger partial charge on any atom is -0.367 e. The lowest BCUT2D eigenvalue weighted by molar-refractivity contribution is 0.642. The highest BCUT2D eigenvalue weighted by Gasteiger charge is 2.09. The highest BCUT2D eigenvalue weighted by molar-refractivity contribution is 5.40. The smallest absolute Gasteiger partial charge is 0.126 e. The maximum Gasteiger partial charge on any atom is 0.126 e. The van der Waals surface area contributed by atoms with Gasteiger partial charge in [-0.1, -0.05) is 12.2 Å². The Morgan fingerprint density at radius 2 is 2.33 bits per heavy atom. The SMILES string of the molecule is N#Cc1ccc(NC2CC=CCC2)nc1. The number of anilines is 1. The summed E-state index contributed by atoms with van der Waals surface area (Å²) in [4.78, 5) is 4.19. The molecule has 0 spiro atoms. The molecule has 2 rings (SSSR count). The second-order valence-electron chi connectivity index (χ2n) is 3.67. The Kier molecular flexibility index (Phi) is 2.99. The van der Waals surface area contributed by atoms with Crippen LogP contribution in [0.1, 0.15) is 24.8 Å². The van der Waals surface area contributed by atoms with Crippen molar-refractivity contribution in [2.24, 2.45) is 0 Å². The second kappa shape index (κ2) is 4.61. The Labute approximate surface area is 89.5 Å². The van der Waals surface area contributed by atoms with Crippen LogP contribution in [0.15, 0.2) is 30.5 Å². The first-order chi connectivity index (χ1) is 7.38. The normalized spacial score (nSPS) is 19.5. The summed E-state index contributed by atoms with van der Waals surface area (Å²) in [6.45, 7) is 0. The number of hydrogen-bond donors (Lipinski definition) is 1. The Bertz CT molecular complexity index is 386. The van der Waals surface area contributed by atoms with Gasteiger partial charge in [0.1, 0.15) is 11.9 Å². The molecule has 1 aromatic rings. The van der Waals surface area contributed by atoms with Gasteiger partial charge in [-0.3, -0.25) is 0 Å². The molecular formula is C12H13N3. The quantitative estimate of drug-likeness (QED) is 0.744. The average Bonchev–Trinajstić information content (AvgIpc) is 2.31. The van der Waals surface area contributed by atoms with Gasteiger partial charge in [0, 0.05) is 12.2 Å². The molecule has 0 aliphatic heterocycles. The fourth-order valence-electron chi connectivity index (χ4n) is 1.68. The monoisotopic (exact) mass is 199 g/mol. The van der Waals surface area contributed by atoms with Crippen LogP contribution in [0.3, 0.4) is 0 Å². The summed E-state index contributed by atoms with van der Waals surface area (Å²) in [6, 6.07) is 6.18. The van der Waals surface area contributed by atoms with E-state index in [1.165, 1.54) is 0 Å². The van der Waals surface area contributed by atoms with E-state index >= 15 is 0 Å². The Morgan fingerprint density at radius 3 is 2.93 bits per heavy atom. The molecule has 1 unspecified atom stereocenters. The predicted molar refractivity (Wildman–Crippen MR) is 59.4 cm³/mol. The van der Waals surface area contributed by atoms with Crippen molar-refractivity contribution in [1.82, 2.24) is 4.98 Å². The summed E-state index contributed by atoms with van der Waals surface area (Å²) in [5.74, 6) is 0.856. The Morgan fingerprint density at radius 1 is 1.40 bits per heavy atom. The molecule has 1 aliphatic carbocycles. The first-order valence-electron chi connectivity index (χ1n) is 5.16. The van der Waals surface area contributed by atoms with E-state index in [9.17, 15) is 0 Å². The number of nitriles is 1. The van der Waals surface area contributed by atoms with Gasteiger partial charge in [0.25, 0.3) is 0 Å². The van der Waals surface area contributed by atoms with E-state index < -0.39 is 0 Å². The minimum atomic E-state index is 0.482. The van der Waals surface area contributed by atoms with Gasteiger partial charge < -0.3 is 5.32 Å². The van der Waals surface area contributed by atoms with Crippen LogP contribution in [-0.4, -0.2) is 11.0 Å². The number of pyridine rings is 1. The number of allylic oxidation sites excluding steroid dienone is 1. The van der Waals surface area contributed by atoms with E-state index in [0.717, 1.165) is 25.1 Å². The van der Waals surface area contributed by atoms with Crippen molar-refractivity contribution in [3.05, 3.63) is 36.0 Å². The van der Waals surface area contributed by atoms with Gasteiger partial charge >= 0.3 is 0 Å². The molecule has 1 aromatic heterocycles. The van der Waals surface area contributed by atoms with E-state index in [2.05, 4.69) is 28.5 Å². The first-order valence-corrected chi connectivity index (χ1v) is 5.16. The van der Waals surface area contributed by atoms with Crippen molar-refractivity contribution in [3.63, 3.8) is 0 Å². The number of nitrogens with zero attached hydrogens (tertiary/aromatic N) is 2. The summed E-state index contributed by atoms with van der Waals surface area (Å²) in [6.07, 6.45) is 9.35. The molecule has 0 radical (unpaired) electrons. The lowest BCUT2D eigenvalue weighted by Crippen LogP contribution is -2.20. The van der Waals surface area contributed by atoms with Crippen LogP contribution in [0.4, 0.5) is 5.82 Å². The van der Waals surface area contributed by atoms with Crippen LogP contribution in [0.5, 0.6) is 0 Å². The van der Waals surface area contributed by atoms with Crippen molar-refractivity contribution in [2.45, 2.75) is 25.3 Å². The highest BCUT2D eigenvalue weighted by atomic mass is 15.0. The molecule has 0 saturated heterocycles. The zero-order valence-corrected chi connectivity index (χ0v) is 8.48. The van der Waals surface area contributed by atoms with Crippen molar-refractivity contribution < 1.29 is 0 Å². The van der Waals surface area contributed by atoms with E-state index in [4.69, 9.17) is 5.26 Å². The van der Waals surface area contributed by atoms with E-state index in [0.29, 0.717) is 11.6 Å². The van der Waals surface area contributed by atoms with Crippen LogP contribution in [-0.2, 0) is 0 Å². The van der Waals surface area contributed by atoms with E-state index in [1.807, 2.05) is 6.07 Å². The fourth-order valence-corrected chi connectivity index (χ4v) is 1.68. The van der Waals surface area contributed by atoms with E-state index in [1.54, 1.807) is 12.3 Å². The van der Waals surface area contributed by atoms with Crippen LogP contribution in [0.25, 0.3) is 0 Å². The second-order valence-corrected chi connectivity index (χ2v) is 3.67. The lowest BCUT2D eigenvalue weighted by atomic mass is 10.0. The van der Waals surface area contributed by atoms with Crippen molar-refractivity contribution in [2.75, 3.05) is 5.32 Å². The molecule has 1 heterocycles. The summed E-state index contributed by atoms with van der Waals surface area (Å²) in [5, 5.41) is 12.0. The van der Waals surface area contributed by atoms with Crippen molar-refractivity contribution >= 4 is 5.82 Å². The molecule has 15 heavy (non-hydrogen) atoms. The van der Waals surface area contributed by atoms with Gasteiger partial charge in [-0.05, 0) is 31.4 Å². The van der Waals surface area contributed by atoms with Crippen molar-refractivity contribution in [1.29, 1.82) is 5.26 Å². The summed E-state index contributed by atoms with van der Waals surface area (Å²) < 4.78 is 0. The molecule has 0 bridgehead atoms. The Hall–Kier alpha value is -1.82. The molecule has 3 heteroatoms. The van der Waals surface area contributed by atoms with Gasteiger partial charge in [0.05, 0.1) is 5.56 Å². The molecule has 0 amide bonds. The molecule has 1 atom stereocenters. The highest BCUT2D eigenvalue weighted by Crippen LogP contribution is 2.15. The van der Waals surface area contributed by atoms with Crippen LogP contribution in [0.2, 0.25) is 0 Å². The third kappa shape index (κ3) is 2.57. The molecule has 0 aromatic carbocycles. The van der Waals surface area contributed by atoms with E-state index in [-0.39, 0.29) is 0 Å².